The van der Waals surface area contributed by atoms with Gasteiger partial charge in [-0.3, -0.25) is 0 Å². The molecule has 82 valence electrons. The van der Waals surface area contributed by atoms with Crippen molar-refractivity contribution in [1.29, 1.82) is 0 Å². The monoisotopic (exact) mass is 271 g/mol. The normalized spacial score (nSPS) is 15.7. The first-order valence-electron chi connectivity index (χ1n) is 5.06. The maximum Gasteiger partial charge on any atom is 0.217 e. The van der Waals surface area contributed by atoms with E-state index in [4.69, 9.17) is 4.74 Å². The second-order valence-electron chi connectivity index (χ2n) is 3.74. The number of ether oxygens (including phenoxy) is 1. The molecule has 0 aromatic carbocycles. The van der Waals surface area contributed by atoms with Crippen LogP contribution in [0.15, 0.2) is 17.0 Å². The summed E-state index contributed by atoms with van der Waals surface area (Å²) in [5.74, 6) is 0.626. The predicted octanol–water partition coefficient (Wildman–Crippen LogP) is 1.71. The van der Waals surface area contributed by atoms with E-state index in [0.29, 0.717) is 12.5 Å². The van der Waals surface area contributed by atoms with E-state index in [-0.39, 0.29) is 0 Å². The summed E-state index contributed by atoms with van der Waals surface area (Å²) in [6.45, 7) is 1.63. The summed E-state index contributed by atoms with van der Waals surface area (Å²) < 4.78 is 6.27. The lowest BCUT2D eigenvalue weighted by Crippen LogP contribution is -2.26. The number of hydrogen-bond acceptors (Lipinski definition) is 4. The molecule has 0 radical (unpaired) electrons. The van der Waals surface area contributed by atoms with E-state index >= 15 is 0 Å². The van der Waals surface area contributed by atoms with Gasteiger partial charge in [0.25, 0.3) is 0 Å². The predicted molar refractivity (Wildman–Crippen MR) is 60.9 cm³/mol. The van der Waals surface area contributed by atoms with Crippen LogP contribution in [0, 0.1) is 0 Å². The van der Waals surface area contributed by atoms with E-state index in [1.807, 2.05) is 0 Å². The molecule has 1 aliphatic rings. The lowest BCUT2D eigenvalue weighted by atomic mass is 10.5. The van der Waals surface area contributed by atoms with Gasteiger partial charge in [0.05, 0.1) is 0 Å². The van der Waals surface area contributed by atoms with Crippen LogP contribution in [-0.2, 0) is 0 Å². The van der Waals surface area contributed by atoms with Crippen LogP contribution in [0.4, 0.5) is 0 Å². The fraction of sp³-hybridized carbons (Fsp3) is 0.600. The minimum atomic E-state index is 0.626. The summed E-state index contributed by atoms with van der Waals surface area (Å²) in [5, 5.41) is 0. The Bertz CT molecular complexity index is 330. The number of nitrogens with zero attached hydrogens (tertiary/aromatic N) is 3. The van der Waals surface area contributed by atoms with Crippen LogP contribution >= 0.6 is 15.9 Å². The molecule has 15 heavy (non-hydrogen) atoms. The first kappa shape index (κ1) is 10.8. The fourth-order valence-electron chi connectivity index (χ4n) is 1.39. The highest BCUT2D eigenvalue weighted by Gasteiger charge is 2.25. The van der Waals surface area contributed by atoms with Gasteiger partial charge in [0.2, 0.25) is 5.88 Å². The summed E-state index contributed by atoms with van der Waals surface area (Å²) in [4.78, 5) is 10.3. The average molecular weight is 272 g/mol. The van der Waals surface area contributed by atoms with Crippen molar-refractivity contribution < 1.29 is 4.74 Å². The minimum absolute atomic E-state index is 0.626. The second kappa shape index (κ2) is 4.90. The van der Waals surface area contributed by atoms with E-state index in [9.17, 15) is 0 Å². The zero-order valence-electron chi connectivity index (χ0n) is 8.69. The second-order valence-corrected chi connectivity index (χ2v) is 4.55. The van der Waals surface area contributed by atoms with Gasteiger partial charge in [-0.2, -0.15) is 0 Å². The highest BCUT2D eigenvalue weighted by atomic mass is 79.9. The zero-order valence-corrected chi connectivity index (χ0v) is 10.3. The molecule has 0 amide bonds. The van der Waals surface area contributed by atoms with Crippen LogP contribution in [-0.4, -0.2) is 41.1 Å². The third-order valence-corrected chi connectivity index (χ3v) is 2.91. The molecule has 1 heterocycles. The molecule has 5 heteroatoms. The Balaban J connectivity index is 1.73. The van der Waals surface area contributed by atoms with Crippen LogP contribution in [0.1, 0.15) is 12.8 Å². The SMILES string of the molecule is CN(CCOc1cc(Br)ncn1)C1CC1. The van der Waals surface area contributed by atoms with Crippen molar-refractivity contribution in [3.63, 3.8) is 0 Å². The van der Waals surface area contributed by atoms with E-state index in [1.165, 1.54) is 19.2 Å². The molecule has 1 aromatic heterocycles. The maximum absolute atomic E-state index is 5.51. The van der Waals surface area contributed by atoms with Gasteiger partial charge >= 0.3 is 0 Å². The molecule has 1 saturated carbocycles. The third kappa shape index (κ3) is 3.43. The number of rotatable bonds is 5. The van der Waals surface area contributed by atoms with E-state index in [0.717, 1.165) is 17.2 Å². The van der Waals surface area contributed by atoms with Crippen LogP contribution in [0.2, 0.25) is 0 Å². The van der Waals surface area contributed by atoms with Crippen molar-refractivity contribution in [2.45, 2.75) is 18.9 Å². The first-order valence-corrected chi connectivity index (χ1v) is 5.85. The molecule has 0 saturated heterocycles. The topological polar surface area (TPSA) is 38.2 Å². The molecular weight excluding hydrogens is 258 g/mol. The Morgan fingerprint density at radius 1 is 1.53 bits per heavy atom. The number of likely N-dealkylation sites (N-methyl/N-ethyl adjacent to an activating group) is 1. The van der Waals surface area contributed by atoms with Gasteiger partial charge in [-0.05, 0) is 35.8 Å². The summed E-state index contributed by atoms with van der Waals surface area (Å²) in [7, 11) is 2.14. The summed E-state index contributed by atoms with van der Waals surface area (Å²) >= 11 is 3.27. The van der Waals surface area contributed by atoms with E-state index in [1.54, 1.807) is 6.07 Å². The molecule has 1 aromatic rings. The fourth-order valence-corrected chi connectivity index (χ4v) is 1.68. The smallest absolute Gasteiger partial charge is 0.217 e. The lowest BCUT2D eigenvalue weighted by Gasteiger charge is -2.15. The highest BCUT2D eigenvalue weighted by Crippen LogP contribution is 2.24. The number of aromatic nitrogens is 2. The first-order chi connectivity index (χ1) is 7.25. The van der Waals surface area contributed by atoms with Crippen molar-refractivity contribution in [2.24, 2.45) is 0 Å². The van der Waals surface area contributed by atoms with Crippen molar-refractivity contribution in [2.75, 3.05) is 20.2 Å². The molecular formula is C10H14BrN3O. The molecule has 0 spiro atoms. The Hall–Kier alpha value is -0.680. The molecule has 4 nitrogen and oxygen atoms in total. The van der Waals surface area contributed by atoms with E-state index in [2.05, 4.69) is 37.8 Å². The van der Waals surface area contributed by atoms with Crippen LogP contribution < -0.4 is 4.74 Å². The molecule has 0 bridgehead atoms. The van der Waals surface area contributed by atoms with Crippen molar-refractivity contribution in [3.8, 4) is 5.88 Å². The minimum Gasteiger partial charge on any atom is -0.476 e. The Morgan fingerprint density at radius 3 is 3.00 bits per heavy atom. The highest BCUT2D eigenvalue weighted by molar-refractivity contribution is 9.10. The quantitative estimate of drug-likeness (QED) is 0.765. The number of hydrogen-bond donors (Lipinski definition) is 0. The van der Waals surface area contributed by atoms with Crippen molar-refractivity contribution in [1.82, 2.24) is 14.9 Å². The van der Waals surface area contributed by atoms with Crippen molar-refractivity contribution >= 4 is 15.9 Å². The van der Waals surface area contributed by atoms with Gasteiger partial charge in [-0.15, -0.1) is 0 Å². The lowest BCUT2D eigenvalue weighted by molar-refractivity contribution is 0.226. The van der Waals surface area contributed by atoms with E-state index < -0.39 is 0 Å². The molecule has 1 fully saturated rings. The molecule has 2 rings (SSSR count). The van der Waals surface area contributed by atoms with Gasteiger partial charge in [-0.25, -0.2) is 9.97 Å². The standard InChI is InChI=1S/C10H14BrN3O/c1-14(8-2-3-8)4-5-15-10-6-9(11)12-7-13-10/h6-8H,2-5H2,1H3. The van der Waals surface area contributed by atoms with Crippen molar-refractivity contribution in [3.05, 3.63) is 17.0 Å². The van der Waals surface area contributed by atoms with Crippen LogP contribution in [0.25, 0.3) is 0 Å². The van der Waals surface area contributed by atoms with Gasteiger partial charge in [0.15, 0.2) is 0 Å². The Labute approximate surface area is 97.8 Å². The van der Waals surface area contributed by atoms with Gasteiger partial charge in [0.1, 0.15) is 17.5 Å². The Morgan fingerprint density at radius 2 is 2.33 bits per heavy atom. The Kier molecular flexibility index (Phi) is 3.53. The number of halogens is 1. The molecule has 0 atom stereocenters. The largest absolute Gasteiger partial charge is 0.476 e. The summed E-state index contributed by atoms with van der Waals surface area (Å²) in [6.07, 6.45) is 4.15. The van der Waals surface area contributed by atoms with Gasteiger partial charge in [0, 0.05) is 18.7 Å². The molecule has 0 unspecified atom stereocenters. The van der Waals surface area contributed by atoms with Gasteiger partial charge in [-0.1, -0.05) is 0 Å². The van der Waals surface area contributed by atoms with Crippen LogP contribution in [0.5, 0.6) is 5.88 Å². The average Bonchev–Trinajstić information content (AvgIpc) is 3.00. The molecule has 0 aliphatic heterocycles. The van der Waals surface area contributed by atoms with Crippen LogP contribution in [0.3, 0.4) is 0 Å². The third-order valence-electron chi connectivity index (χ3n) is 2.47. The summed E-state index contributed by atoms with van der Waals surface area (Å²) in [5.41, 5.74) is 0. The van der Waals surface area contributed by atoms with Gasteiger partial charge < -0.3 is 9.64 Å². The summed E-state index contributed by atoms with van der Waals surface area (Å²) in [6, 6.07) is 2.56. The molecule has 0 N–H and O–H groups in total. The maximum atomic E-state index is 5.51. The molecule has 1 aliphatic carbocycles. The zero-order chi connectivity index (χ0) is 10.7.